The molecule has 3 nitrogen and oxygen atoms in total. The van der Waals surface area contributed by atoms with Gasteiger partial charge in [-0.3, -0.25) is 4.79 Å². The van der Waals surface area contributed by atoms with Crippen molar-refractivity contribution in [1.82, 2.24) is 0 Å². The predicted molar refractivity (Wildman–Crippen MR) is 58.4 cm³/mol. The zero-order valence-corrected chi connectivity index (χ0v) is 9.95. The molecule has 0 heterocycles. The summed E-state index contributed by atoms with van der Waals surface area (Å²) in [6.07, 6.45) is 2.95. The summed E-state index contributed by atoms with van der Waals surface area (Å²) in [4.78, 5) is 11.5. The highest BCUT2D eigenvalue weighted by Crippen LogP contribution is 2.37. The molecule has 0 spiro atoms. The van der Waals surface area contributed by atoms with Crippen molar-refractivity contribution >= 4 is 5.97 Å². The molecule has 0 saturated heterocycles. The second-order valence-corrected chi connectivity index (χ2v) is 4.78. The zero-order valence-electron chi connectivity index (χ0n) is 9.95. The third kappa shape index (κ3) is 2.94. The van der Waals surface area contributed by atoms with Gasteiger partial charge in [-0.2, -0.15) is 0 Å². The van der Waals surface area contributed by atoms with Gasteiger partial charge in [0.25, 0.3) is 0 Å². The average molecular weight is 214 g/mol. The number of hydrogen-bond donors (Lipinski definition) is 1. The number of carbonyl (C=O) groups excluding carboxylic acids is 1. The minimum absolute atomic E-state index is 0.00368. The van der Waals surface area contributed by atoms with Crippen molar-refractivity contribution in [2.75, 3.05) is 6.61 Å². The van der Waals surface area contributed by atoms with Crippen LogP contribution in [0.2, 0.25) is 0 Å². The van der Waals surface area contributed by atoms with Gasteiger partial charge in [0, 0.05) is 0 Å². The molecular weight excluding hydrogens is 192 g/mol. The van der Waals surface area contributed by atoms with E-state index in [0.29, 0.717) is 19.4 Å². The molecule has 88 valence electrons. The highest BCUT2D eigenvalue weighted by atomic mass is 16.5. The molecule has 0 amide bonds. The molecule has 0 radical (unpaired) electrons. The van der Waals surface area contributed by atoms with Crippen LogP contribution in [0.5, 0.6) is 0 Å². The average Bonchev–Trinajstić information content (AvgIpc) is 2.19. The fraction of sp³-hybridized carbons (Fsp3) is 0.917. The van der Waals surface area contributed by atoms with Gasteiger partial charge in [-0.1, -0.05) is 13.8 Å². The highest BCUT2D eigenvalue weighted by Gasteiger charge is 2.38. The van der Waals surface area contributed by atoms with E-state index >= 15 is 0 Å². The molecule has 0 aromatic heterocycles. The quantitative estimate of drug-likeness (QED) is 0.732. The Morgan fingerprint density at radius 3 is 2.40 bits per heavy atom. The number of hydrogen-bond acceptors (Lipinski definition) is 3. The maximum Gasteiger partial charge on any atom is 0.308 e. The van der Waals surface area contributed by atoms with E-state index in [4.69, 9.17) is 4.74 Å². The maximum absolute atomic E-state index is 11.5. The Morgan fingerprint density at radius 2 is 2.00 bits per heavy atom. The summed E-state index contributed by atoms with van der Waals surface area (Å²) in [5.41, 5.74) is -0.566. The Labute approximate surface area is 91.8 Å². The molecule has 3 heteroatoms. The minimum Gasteiger partial charge on any atom is -0.466 e. The third-order valence-electron chi connectivity index (χ3n) is 3.55. The Kier molecular flexibility index (Phi) is 4.14. The molecule has 0 unspecified atom stereocenters. The van der Waals surface area contributed by atoms with Crippen LogP contribution in [0.3, 0.4) is 0 Å². The molecule has 1 N–H and O–H groups in total. The first-order chi connectivity index (χ1) is 6.99. The van der Waals surface area contributed by atoms with Gasteiger partial charge in [0.05, 0.1) is 18.1 Å². The van der Waals surface area contributed by atoms with Crippen molar-refractivity contribution in [3.63, 3.8) is 0 Å². The molecule has 0 aliphatic heterocycles. The van der Waals surface area contributed by atoms with Crippen molar-refractivity contribution in [2.24, 2.45) is 11.8 Å². The highest BCUT2D eigenvalue weighted by molar-refractivity contribution is 5.72. The molecule has 1 fully saturated rings. The van der Waals surface area contributed by atoms with Crippen molar-refractivity contribution in [1.29, 1.82) is 0 Å². The molecule has 0 aromatic carbocycles. The van der Waals surface area contributed by atoms with Gasteiger partial charge >= 0.3 is 5.97 Å². The number of ether oxygens (including phenoxy) is 1. The SMILES string of the molecule is CCOC(=O)[C@H]1CC[C@@](O)(C(C)C)CC1. The topological polar surface area (TPSA) is 46.5 Å². The Balaban J connectivity index is 2.45. The fourth-order valence-corrected chi connectivity index (χ4v) is 2.19. The van der Waals surface area contributed by atoms with Crippen LogP contribution < -0.4 is 0 Å². The first-order valence-electron chi connectivity index (χ1n) is 5.88. The normalized spacial score (nSPS) is 31.7. The predicted octanol–water partition coefficient (Wildman–Crippen LogP) is 2.13. The molecular formula is C12H22O3. The molecule has 15 heavy (non-hydrogen) atoms. The second-order valence-electron chi connectivity index (χ2n) is 4.78. The van der Waals surface area contributed by atoms with Crippen LogP contribution in [0.4, 0.5) is 0 Å². The monoisotopic (exact) mass is 214 g/mol. The van der Waals surface area contributed by atoms with Gasteiger partial charge in [0.1, 0.15) is 0 Å². The molecule has 1 saturated carbocycles. The van der Waals surface area contributed by atoms with E-state index in [1.807, 2.05) is 20.8 Å². The summed E-state index contributed by atoms with van der Waals surface area (Å²) in [7, 11) is 0. The van der Waals surface area contributed by atoms with Gasteiger partial charge in [-0.05, 0) is 38.5 Å². The van der Waals surface area contributed by atoms with Crippen molar-refractivity contribution in [3.8, 4) is 0 Å². The molecule has 0 atom stereocenters. The smallest absolute Gasteiger partial charge is 0.308 e. The van der Waals surface area contributed by atoms with Crippen LogP contribution in [0.15, 0.2) is 0 Å². The van der Waals surface area contributed by atoms with Gasteiger partial charge in [-0.15, -0.1) is 0 Å². The number of esters is 1. The standard InChI is InChI=1S/C12H22O3/c1-4-15-11(13)10-5-7-12(14,8-6-10)9(2)3/h9-10,14H,4-8H2,1-3H3/t10-,12-. The summed E-state index contributed by atoms with van der Waals surface area (Å²) >= 11 is 0. The summed E-state index contributed by atoms with van der Waals surface area (Å²) < 4.78 is 4.99. The third-order valence-corrected chi connectivity index (χ3v) is 3.55. The van der Waals surface area contributed by atoms with E-state index in [2.05, 4.69) is 0 Å². The van der Waals surface area contributed by atoms with Gasteiger partial charge < -0.3 is 9.84 Å². The number of aliphatic hydroxyl groups is 1. The number of rotatable bonds is 3. The Bertz CT molecular complexity index is 215. The van der Waals surface area contributed by atoms with Crippen LogP contribution in [-0.4, -0.2) is 23.3 Å². The molecule has 1 rings (SSSR count). The first kappa shape index (κ1) is 12.5. The van der Waals surface area contributed by atoms with E-state index in [9.17, 15) is 9.90 Å². The minimum atomic E-state index is -0.566. The lowest BCUT2D eigenvalue weighted by molar-refractivity contribution is -0.152. The summed E-state index contributed by atoms with van der Waals surface area (Å²) in [6.45, 7) is 6.34. The van der Waals surface area contributed by atoms with E-state index in [1.54, 1.807) is 0 Å². The summed E-state index contributed by atoms with van der Waals surface area (Å²) in [5.74, 6) is 0.174. The van der Waals surface area contributed by atoms with E-state index in [1.165, 1.54) is 0 Å². The number of carbonyl (C=O) groups is 1. The van der Waals surface area contributed by atoms with Gasteiger partial charge in [0.2, 0.25) is 0 Å². The lowest BCUT2D eigenvalue weighted by Crippen LogP contribution is -2.40. The zero-order chi connectivity index (χ0) is 11.5. The van der Waals surface area contributed by atoms with Crippen LogP contribution in [0.1, 0.15) is 46.5 Å². The Hall–Kier alpha value is -0.570. The molecule has 1 aliphatic carbocycles. The first-order valence-corrected chi connectivity index (χ1v) is 5.88. The van der Waals surface area contributed by atoms with Crippen LogP contribution in [0, 0.1) is 11.8 Å². The van der Waals surface area contributed by atoms with Crippen LogP contribution >= 0.6 is 0 Å². The largest absolute Gasteiger partial charge is 0.466 e. The van der Waals surface area contributed by atoms with Crippen molar-refractivity contribution in [3.05, 3.63) is 0 Å². The Morgan fingerprint density at radius 1 is 1.47 bits per heavy atom. The maximum atomic E-state index is 11.5. The lowest BCUT2D eigenvalue weighted by atomic mass is 9.73. The fourth-order valence-electron chi connectivity index (χ4n) is 2.19. The summed E-state index contributed by atoms with van der Waals surface area (Å²) in [6, 6.07) is 0. The summed E-state index contributed by atoms with van der Waals surface area (Å²) in [5, 5.41) is 10.2. The van der Waals surface area contributed by atoms with Crippen molar-refractivity contribution < 1.29 is 14.6 Å². The van der Waals surface area contributed by atoms with E-state index < -0.39 is 5.60 Å². The van der Waals surface area contributed by atoms with Gasteiger partial charge in [-0.25, -0.2) is 0 Å². The van der Waals surface area contributed by atoms with Crippen LogP contribution in [0.25, 0.3) is 0 Å². The van der Waals surface area contributed by atoms with E-state index in [-0.39, 0.29) is 17.8 Å². The van der Waals surface area contributed by atoms with E-state index in [0.717, 1.165) is 12.8 Å². The molecule has 0 bridgehead atoms. The van der Waals surface area contributed by atoms with Gasteiger partial charge in [0.15, 0.2) is 0 Å². The molecule has 1 aliphatic rings. The lowest BCUT2D eigenvalue weighted by Gasteiger charge is -2.38. The van der Waals surface area contributed by atoms with Crippen molar-refractivity contribution in [2.45, 2.75) is 52.1 Å². The second kappa shape index (κ2) is 4.97. The van der Waals surface area contributed by atoms with Crippen LogP contribution in [-0.2, 0) is 9.53 Å². The molecule has 0 aromatic rings.